The number of amides is 1. The van der Waals surface area contributed by atoms with Gasteiger partial charge in [0.05, 0.1) is 30.4 Å². The molecule has 10 heteroatoms. The number of ether oxygens (including phenoxy) is 1. The predicted octanol–water partition coefficient (Wildman–Crippen LogP) is 1.91. The fraction of sp³-hybridized carbons (Fsp3) is 0.143. The summed E-state index contributed by atoms with van der Waals surface area (Å²) in [5.74, 6) is -0.734. The van der Waals surface area contributed by atoms with Crippen molar-refractivity contribution in [2.24, 2.45) is 0 Å². The van der Waals surface area contributed by atoms with Crippen molar-refractivity contribution in [3.05, 3.63) is 72.6 Å². The number of hydrogen-bond acceptors (Lipinski definition) is 7. The lowest BCUT2D eigenvalue weighted by Crippen LogP contribution is -2.21. The molecule has 31 heavy (non-hydrogen) atoms. The molecule has 4 rings (SSSR count). The summed E-state index contributed by atoms with van der Waals surface area (Å²) in [5, 5.41) is 25.3. The fourth-order valence-corrected chi connectivity index (χ4v) is 2.84. The third-order valence-electron chi connectivity index (χ3n) is 4.40. The summed E-state index contributed by atoms with van der Waals surface area (Å²) in [6.07, 6.45) is 2.76. The number of aromatic nitrogens is 4. The van der Waals surface area contributed by atoms with Gasteiger partial charge < -0.3 is 20.3 Å². The molecule has 4 aromatic rings. The van der Waals surface area contributed by atoms with Crippen LogP contribution in [-0.2, 0) is 0 Å². The Kier molecular flexibility index (Phi) is 5.83. The molecule has 0 bridgehead atoms. The van der Waals surface area contributed by atoms with Crippen molar-refractivity contribution in [2.75, 3.05) is 18.5 Å². The zero-order valence-electron chi connectivity index (χ0n) is 16.1. The number of benzene rings is 1. The van der Waals surface area contributed by atoms with Crippen LogP contribution >= 0.6 is 0 Å². The Bertz CT molecular complexity index is 1230. The molecule has 0 aliphatic carbocycles. The highest BCUT2D eigenvalue weighted by Crippen LogP contribution is 2.23. The Balaban J connectivity index is 1.61. The van der Waals surface area contributed by atoms with Gasteiger partial charge in [0.15, 0.2) is 17.2 Å². The van der Waals surface area contributed by atoms with E-state index in [1.54, 1.807) is 30.3 Å². The van der Waals surface area contributed by atoms with E-state index >= 15 is 0 Å². The van der Waals surface area contributed by atoms with Crippen LogP contribution in [0.15, 0.2) is 61.1 Å². The van der Waals surface area contributed by atoms with E-state index in [9.17, 15) is 14.3 Å². The van der Waals surface area contributed by atoms with Gasteiger partial charge in [0, 0.05) is 11.8 Å². The van der Waals surface area contributed by atoms with Crippen molar-refractivity contribution in [3.8, 4) is 17.0 Å². The maximum Gasteiger partial charge on any atom is 0.276 e. The molecular weight excluding hydrogens is 405 g/mol. The quantitative estimate of drug-likeness (QED) is 0.415. The number of nitrogens with zero attached hydrogens (tertiary/aromatic N) is 4. The summed E-state index contributed by atoms with van der Waals surface area (Å²) in [6.45, 7) is -0.448. The second-order valence-corrected chi connectivity index (χ2v) is 6.62. The first kappa shape index (κ1) is 20.4. The van der Waals surface area contributed by atoms with Crippen molar-refractivity contribution >= 4 is 17.2 Å². The fourth-order valence-electron chi connectivity index (χ4n) is 2.84. The smallest absolute Gasteiger partial charge is 0.276 e. The van der Waals surface area contributed by atoms with Gasteiger partial charge in [-0.2, -0.15) is 5.10 Å². The van der Waals surface area contributed by atoms with Gasteiger partial charge in [-0.05, 0) is 30.3 Å². The van der Waals surface area contributed by atoms with Crippen LogP contribution in [-0.4, -0.2) is 55.0 Å². The van der Waals surface area contributed by atoms with E-state index in [1.807, 2.05) is 6.07 Å². The van der Waals surface area contributed by atoms with Gasteiger partial charge in [-0.15, -0.1) is 0 Å². The standard InChI is InChI=1S/C21H18FN5O4/c22-16-9-23-7-6-18(16)25-21(30)19-10-24-20-5-4-17(26-27(19)20)13-2-1-3-15(8-13)31-12-14(29)11-28/h1-10,14,28-29H,11-12H2,(H,23,25,30)/t14-/m1/s1. The molecule has 3 heterocycles. The second kappa shape index (κ2) is 8.86. The number of fused-ring (bicyclic) bond motifs is 1. The van der Waals surface area contributed by atoms with E-state index < -0.39 is 24.4 Å². The number of imidazole rings is 1. The average molecular weight is 423 g/mol. The van der Waals surface area contributed by atoms with E-state index in [2.05, 4.69) is 20.4 Å². The summed E-state index contributed by atoms with van der Waals surface area (Å²) in [4.78, 5) is 20.5. The summed E-state index contributed by atoms with van der Waals surface area (Å²) < 4.78 is 20.6. The van der Waals surface area contributed by atoms with E-state index in [-0.39, 0.29) is 18.0 Å². The van der Waals surface area contributed by atoms with E-state index in [4.69, 9.17) is 9.84 Å². The molecule has 0 saturated heterocycles. The van der Waals surface area contributed by atoms with Crippen molar-refractivity contribution < 1.29 is 24.1 Å². The van der Waals surface area contributed by atoms with Crippen molar-refractivity contribution in [1.82, 2.24) is 19.6 Å². The van der Waals surface area contributed by atoms with E-state index in [1.165, 1.54) is 23.0 Å². The Morgan fingerprint density at radius 2 is 2.10 bits per heavy atom. The monoisotopic (exact) mass is 423 g/mol. The topological polar surface area (TPSA) is 122 Å². The first-order valence-corrected chi connectivity index (χ1v) is 9.33. The Morgan fingerprint density at radius 3 is 2.90 bits per heavy atom. The second-order valence-electron chi connectivity index (χ2n) is 6.62. The lowest BCUT2D eigenvalue weighted by atomic mass is 10.1. The van der Waals surface area contributed by atoms with Crippen LogP contribution in [0.5, 0.6) is 5.75 Å². The van der Waals surface area contributed by atoms with Crippen LogP contribution in [0.1, 0.15) is 10.5 Å². The molecule has 0 fully saturated rings. The van der Waals surface area contributed by atoms with Gasteiger partial charge in [-0.3, -0.25) is 9.78 Å². The third-order valence-corrected chi connectivity index (χ3v) is 4.40. The number of aliphatic hydroxyl groups excluding tert-OH is 2. The number of aliphatic hydroxyl groups is 2. The third kappa shape index (κ3) is 4.49. The van der Waals surface area contributed by atoms with Gasteiger partial charge in [0.1, 0.15) is 18.5 Å². The molecule has 0 saturated carbocycles. The highest BCUT2D eigenvalue weighted by atomic mass is 19.1. The van der Waals surface area contributed by atoms with Gasteiger partial charge in [-0.25, -0.2) is 13.9 Å². The summed E-state index contributed by atoms with van der Waals surface area (Å²) in [6, 6.07) is 11.8. The largest absolute Gasteiger partial charge is 0.491 e. The molecule has 158 valence electrons. The van der Waals surface area contributed by atoms with Crippen LogP contribution in [0.4, 0.5) is 10.1 Å². The van der Waals surface area contributed by atoms with Gasteiger partial charge >= 0.3 is 0 Å². The van der Waals surface area contributed by atoms with Crippen LogP contribution in [0.25, 0.3) is 16.9 Å². The van der Waals surface area contributed by atoms with Crippen LogP contribution in [0.3, 0.4) is 0 Å². The van der Waals surface area contributed by atoms with Crippen LogP contribution in [0, 0.1) is 5.82 Å². The van der Waals surface area contributed by atoms with Gasteiger partial charge in [-0.1, -0.05) is 12.1 Å². The number of pyridine rings is 1. The first-order valence-electron chi connectivity index (χ1n) is 9.33. The van der Waals surface area contributed by atoms with Gasteiger partial charge in [0.2, 0.25) is 0 Å². The minimum absolute atomic E-state index is 0.000946. The Hall–Kier alpha value is -3.89. The summed E-state index contributed by atoms with van der Waals surface area (Å²) >= 11 is 0. The molecule has 3 N–H and O–H groups in total. The molecule has 0 spiro atoms. The van der Waals surface area contributed by atoms with Crippen LogP contribution in [0.2, 0.25) is 0 Å². The van der Waals surface area contributed by atoms with Gasteiger partial charge in [0.25, 0.3) is 5.91 Å². The van der Waals surface area contributed by atoms with Crippen molar-refractivity contribution in [3.63, 3.8) is 0 Å². The number of nitrogens with one attached hydrogen (secondary N) is 1. The first-order chi connectivity index (χ1) is 15.0. The lowest BCUT2D eigenvalue weighted by Gasteiger charge is -2.11. The number of carbonyl (C=O) groups excluding carboxylic acids is 1. The van der Waals surface area contributed by atoms with Crippen molar-refractivity contribution in [1.29, 1.82) is 0 Å². The van der Waals surface area contributed by atoms with E-state index in [0.29, 0.717) is 22.7 Å². The van der Waals surface area contributed by atoms with Crippen molar-refractivity contribution in [2.45, 2.75) is 6.10 Å². The Morgan fingerprint density at radius 1 is 1.23 bits per heavy atom. The van der Waals surface area contributed by atoms with E-state index in [0.717, 1.165) is 6.20 Å². The maximum absolute atomic E-state index is 13.8. The summed E-state index contributed by atoms with van der Waals surface area (Å²) in [7, 11) is 0. The molecular formula is C21H18FN5O4. The lowest BCUT2D eigenvalue weighted by molar-refractivity contribution is 0.0536. The summed E-state index contributed by atoms with van der Waals surface area (Å²) in [5.41, 5.74) is 1.83. The number of anilines is 1. The highest BCUT2D eigenvalue weighted by Gasteiger charge is 2.16. The average Bonchev–Trinajstić information content (AvgIpc) is 3.22. The number of halogens is 1. The van der Waals surface area contributed by atoms with Crippen LogP contribution < -0.4 is 10.1 Å². The molecule has 1 amide bonds. The zero-order valence-corrected chi connectivity index (χ0v) is 16.1. The SMILES string of the molecule is O=C(Nc1ccncc1F)c1cnc2ccc(-c3cccc(OC[C@H](O)CO)c3)nn12. The molecule has 1 aromatic carbocycles. The molecule has 3 aromatic heterocycles. The molecule has 0 aliphatic rings. The number of hydrogen-bond donors (Lipinski definition) is 3. The molecule has 9 nitrogen and oxygen atoms in total. The minimum atomic E-state index is -0.976. The molecule has 1 atom stereocenters. The maximum atomic E-state index is 13.8. The Labute approximate surface area is 175 Å². The number of rotatable bonds is 7. The number of carbonyl (C=O) groups is 1. The molecule has 0 aliphatic heterocycles. The normalized spacial score (nSPS) is 12.0. The minimum Gasteiger partial charge on any atom is -0.491 e. The predicted molar refractivity (Wildman–Crippen MR) is 109 cm³/mol. The molecule has 0 unspecified atom stereocenters. The zero-order chi connectivity index (χ0) is 21.8. The molecule has 0 radical (unpaired) electrons. The highest BCUT2D eigenvalue weighted by molar-refractivity contribution is 6.03.